The molecule has 2 aromatic carbocycles. The van der Waals surface area contributed by atoms with E-state index in [-0.39, 0.29) is 11.7 Å². The van der Waals surface area contributed by atoms with Gasteiger partial charge in [-0.05, 0) is 23.8 Å². The van der Waals surface area contributed by atoms with E-state index in [0.29, 0.717) is 46.5 Å². The Morgan fingerprint density at radius 1 is 0.679 bits per heavy atom. The Balaban J connectivity index is 2.25. The molecule has 0 spiro atoms. The summed E-state index contributed by atoms with van der Waals surface area (Å²) in [6.07, 6.45) is 0.292. The zero-order valence-corrected chi connectivity index (χ0v) is 16.9. The fraction of sp³-hybridized carbons (Fsp3) is 0.381. The average molecular weight is 388 g/mol. The number of fused-ring (bicyclic) bond motifs is 1. The summed E-state index contributed by atoms with van der Waals surface area (Å²) >= 11 is 0. The second kappa shape index (κ2) is 7.88. The maximum Gasteiger partial charge on any atom is 0.203 e. The van der Waals surface area contributed by atoms with Gasteiger partial charge in [0.2, 0.25) is 11.5 Å². The van der Waals surface area contributed by atoms with Crippen LogP contribution in [-0.4, -0.2) is 48.4 Å². The first-order valence-corrected chi connectivity index (χ1v) is 8.70. The van der Waals surface area contributed by atoms with Gasteiger partial charge in [-0.3, -0.25) is 4.79 Å². The minimum absolute atomic E-state index is 0.00741. The first-order chi connectivity index (χ1) is 13.5. The number of carbonyl (C=O) groups is 1. The van der Waals surface area contributed by atoms with Crippen LogP contribution >= 0.6 is 0 Å². The average Bonchev–Trinajstić information content (AvgIpc) is 3.07. The van der Waals surface area contributed by atoms with Crippen molar-refractivity contribution in [1.29, 1.82) is 0 Å². The van der Waals surface area contributed by atoms with Crippen molar-refractivity contribution >= 4 is 5.78 Å². The van der Waals surface area contributed by atoms with Gasteiger partial charge in [0.25, 0.3) is 0 Å². The van der Waals surface area contributed by atoms with Crippen molar-refractivity contribution in [3.05, 3.63) is 34.9 Å². The minimum atomic E-state index is -0.244. The second-order valence-electron chi connectivity index (χ2n) is 6.25. The molecule has 0 unspecified atom stereocenters. The lowest BCUT2D eigenvalue weighted by Gasteiger charge is -2.21. The molecule has 150 valence electrons. The lowest BCUT2D eigenvalue weighted by atomic mass is 9.91. The molecule has 0 N–H and O–H groups in total. The fourth-order valence-corrected chi connectivity index (χ4v) is 3.74. The first kappa shape index (κ1) is 19.7. The zero-order valence-electron chi connectivity index (χ0n) is 16.9. The number of ketones is 1. The van der Waals surface area contributed by atoms with Gasteiger partial charge < -0.3 is 28.4 Å². The monoisotopic (exact) mass is 388 g/mol. The SMILES string of the molecule is COc1cc([C@H]2CC(=O)c3cc(OC)c(OC)c(OC)c32)cc(OC)c1OC. The Bertz CT molecular complexity index is 879. The van der Waals surface area contributed by atoms with E-state index >= 15 is 0 Å². The Morgan fingerprint density at radius 3 is 1.64 bits per heavy atom. The summed E-state index contributed by atoms with van der Waals surface area (Å²) in [5, 5.41) is 0. The molecule has 1 atom stereocenters. The Labute approximate surface area is 164 Å². The van der Waals surface area contributed by atoms with Crippen LogP contribution in [0.25, 0.3) is 0 Å². The second-order valence-corrected chi connectivity index (χ2v) is 6.25. The molecule has 0 fully saturated rings. The maximum atomic E-state index is 12.8. The van der Waals surface area contributed by atoms with Crippen LogP contribution in [0.1, 0.15) is 33.8 Å². The van der Waals surface area contributed by atoms with Gasteiger partial charge in [-0.15, -0.1) is 0 Å². The molecule has 0 radical (unpaired) electrons. The number of Topliss-reactive ketones (excluding diaryl/α,β-unsaturated/α-hetero) is 1. The van der Waals surface area contributed by atoms with Crippen LogP contribution in [0.4, 0.5) is 0 Å². The molecule has 7 nitrogen and oxygen atoms in total. The van der Waals surface area contributed by atoms with Crippen LogP contribution in [0.2, 0.25) is 0 Å². The molecule has 1 aliphatic rings. The van der Waals surface area contributed by atoms with Gasteiger partial charge in [-0.1, -0.05) is 0 Å². The van der Waals surface area contributed by atoms with Crippen LogP contribution in [0.15, 0.2) is 18.2 Å². The van der Waals surface area contributed by atoms with E-state index in [4.69, 9.17) is 28.4 Å². The van der Waals surface area contributed by atoms with Crippen molar-refractivity contribution in [3.8, 4) is 34.5 Å². The highest BCUT2D eigenvalue weighted by molar-refractivity contribution is 6.04. The number of ether oxygens (including phenoxy) is 6. The lowest BCUT2D eigenvalue weighted by Crippen LogP contribution is -2.04. The molecular weight excluding hydrogens is 364 g/mol. The van der Waals surface area contributed by atoms with Crippen molar-refractivity contribution in [2.75, 3.05) is 42.7 Å². The molecule has 28 heavy (non-hydrogen) atoms. The number of carbonyl (C=O) groups excluding carboxylic acids is 1. The van der Waals surface area contributed by atoms with Crippen LogP contribution in [-0.2, 0) is 0 Å². The lowest BCUT2D eigenvalue weighted by molar-refractivity contribution is 0.0991. The van der Waals surface area contributed by atoms with E-state index in [1.54, 1.807) is 34.5 Å². The molecule has 1 aliphatic carbocycles. The van der Waals surface area contributed by atoms with Crippen LogP contribution in [0.5, 0.6) is 34.5 Å². The molecule has 0 saturated heterocycles. The van der Waals surface area contributed by atoms with E-state index in [0.717, 1.165) is 11.1 Å². The normalized spacial score (nSPS) is 15.1. The highest BCUT2D eigenvalue weighted by Gasteiger charge is 2.37. The molecule has 0 aliphatic heterocycles. The molecule has 0 saturated carbocycles. The standard InChI is InChI=1S/C21H24O7/c1-23-15-7-11(8-16(24-2)19(15)26-4)12-9-14(22)13-10-17(25-3)20(27-5)21(28-6)18(12)13/h7-8,10,12H,9H2,1-6H3/t12-/m1/s1. The van der Waals surface area contributed by atoms with E-state index < -0.39 is 0 Å². The summed E-state index contributed by atoms with van der Waals surface area (Å²) in [6.45, 7) is 0. The van der Waals surface area contributed by atoms with E-state index in [2.05, 4.69) is 0 Å². The van der Waals surface area contributed by atoms with Gasteiger partial charge >= 0.3 is 0 Å². The quantitative estimate of drug-likeness (QED) is 0.719. The summed E-state index contributed by atoms with van der Waals surface area (Å²) in [5.74, 6) is 2.71. The molecule has 7 heteroatoms. The van der Waals surface area contributed by atoms with Gasteiger partial charge in [0.15, 0.2) is 28.8 Å². The smallest absolute Gasteiger partial charge is 0.203 e. The summed E-state index contributed by atoms with van der Waals surface area (Å²) in [6, 6.07) is 5.41. The number of benzene rings is 2. The van der Waals surface area contributed by atoms with Crippen LogP contribution in [0, 0.1) is 0 Å². The summed E-state index contributed by atoms with van der Waals surface area (Å²) < 4.78 is 32.8. The molecule has 2 aromatic rings. The summed E-state index contributed by atoms with van der Waals surface area (Å²) in [4.78, 5) is 12.8. The molecule has 0 aromatic heterocycles. The molecule has 0 bridgehead atoms. The third-order valence-electron chi connectivity index (χ3n) is 5.00. The molecule has 0 heterocycles. The van der Waals surface area contributed by atoms with E-state index in [1.807, 2.05) is 12.1 Å². The highest BCUT2D eigenvalue weighted by atomic mass is 16.5. The number of hydrogen-bond donors (Lipinski definition) is 0. The minimum Gasteiger partial charge on any atom is -0.493 e. The fourth-order valence-electron chi connectivity index (χ4n) is 3.74. The Hall–Kier alpha value is -3.09. The van der Waals surface area contributed by atoms with Crippen LogP contribution < -0.4 is 28.4 Å². The number of hydrogen-bond acceptors (Lipinski definition) is 7. The van der Waals surface area contributed by atoms with Crippen molar-refractivity contribution in [3.63, 3.8) is 0 Å². The zero-order chi connectivity index (χ0) is 20.4. The van der Waals surface area contributed by atoms with Crippen molar-refractivity contribution in [2.45, 2.75) is 12.3 Å². The highest BCUT2D eigenvalue weighted by Crippen LogP contribution is 2.52. The van der Waals surface area contributed by atoms with Gasteiger partial charge in [-0.2, -0.15) is 0 Å². The van der Waals surface area contributed by atoms with E-state index in [9.17, 15) is 4.79 Å². The summed E-state index contributed by atoms with van der Waals surface area (Å²) in [5.41, 5.74) is 2.18. The number of methoxy groups -OCH3 is 6. The van der Waals surface area contributed by atoms with Crippen LogP contribution in [0.3, 0.4) is 0 Å². The third kappa shape index (κ3) is 2.96. The first-order valence-electron chi connectivity index (χ1n) is 8.70. The molecule has 0 amide bonds. The Kier molecular flexibility index (Phi) is 5.53. The van der Waals surface area contributed by atoms with Gasteiger partial charge in [0.1, 0.15) is 0 Å². The topological polar surface area (TPSA) is 72.5 Å². The van der Waals surface area contributed by atoms with Gasteiger partial charge in [0, 0.05) is 23.5 Å². The Morgan fingerprint density at radius 2 is 1.18 bits per heavy atom. The molecular formula is C21H24O7. The van der Waals surface area contributed by atoms with Gasteiger partial charge in [-0.25, -0.2) is 0 Å². The predicted molar refractivity (Wildman–Crippen MR) is 103 cm³/mol. The summed E-state index contributed by atoms with van der Waals surface area (Å²) in [7, 11) is 9.28. The van der Waals surface area contributed by atoms with Gasteiger partial charge in [0.05, 0.1) is 42.7 Å². The predicted octanol–water partition coefficient (Wildman–Crippen LogP) is 3.46. The third-order valence-corrected chi connectivity index (χ3v) is 5.00. The van der Waals surface area contributed by atoms with Crippen molar-refractivity contribution in [2.24, 2.45) is 0 Å². The van der Waals surface area contributed by atoms with Crippen molar-refractivity contribution in [1.82, 2.24) is 0 Å². The largest absolute Gasteiger partial charge is 0.493 e. The molecule has 3 rings (SSSR count). The van der Waals surface area contributed by atoms with Crippen molar-refractivity contribution < 1.29 is 33.2 Å². The maximum absolute atomic E-state index is 12.8. The van der Waals surface area contributed by atoms with E-state index in [1.165, 1.54) is 14.2 Å². The number of rotatable bonds is 7.